The predicted octanol–water partition coefficient (Wildman–Crippen LogP) is 2.16. The second-order valence-corrected chi connectivity index (χ2v) is 4.34. The Labute approximate surface area is 64.0 Å². The smallest absolute Gasteiger partial charge is 0.00489 e. The molecule has 0 aromatic heterocycles. The van der Waals surface area contributed by atoms with Crippen molar-refractivity contribution >= 4 is 0 Å². The van der Waals surface area contributed by atoms with Crippen LogP contribution >= 0.6 is 0 Å². The van der Waals surface area contributed by atoms with Crippen molar-refractivity contribution in [3.8, 4) is 0 Å². The molecule has 1 aliphatic carbocycles. The van der Waals surface area contributed by atoms with Crippen molar-refractivity contribution in [1.82, 2.24) is 0 Å². The molecule has 0 atom stereocenters. The Morgan fingerprint density at radius 3 is 2.20 bits per heavy atom. The highest BCUT2D eigenvalue weighted by Crippen LogP contribution is 2.37. The normalized spacial score (nSPS) is 26.7. The van der Waals surface area contributed by atoms with Crippen molar-refractivity contribution in [3.05, 3.63) is 0 Å². The van der Waals surface area contributed by atoms with Crippen molar-refractivity contribution in [2.45, 2.75) is 39.5 Å². The molecule has 1 fully saturated rings. The average Bonchev–Trinajstić information content (AvgIpc) is 1.88. The van der Waals surface area contributed by atoms with Gasteiger partial charge in [0.15, 0.2) is 0 Å². The minimum Gasteiger partial charge on any atom is -0.330 e. The van der Waals surface area contributed by atoms with Crippen molar-refractivity contribution in [2.75, 3.05) is 6.54 Å². The second kappa shape index (κ2) is 2.91. The van der Waals surface area contributed by atoms with Gasteiger partial charge in [-0.2, -0.15) is 0 Å². The van der Waals surface area contributed by atoms with E-state index in [-0.39, 0.29) is 0 Å². The van der Waals surface area contributed by atoms with Gasteiger partial charge >= 0.3 is 0 Å². The average molecular weight is 141 g/mol. The first-order valence-electron chi connectivity index (χ1n) is 4.34. The molecule has 0 unspecified atom stereocenters. The highest BCUT2D eigenvalue weighted by molar-refractivity contribution is 4.78. The molecule has 2 N–H and O–H groups in total. The Morgan fingerprint density at radius 1 is 1.30 bits per heavy atom. The second-order valence-electron chi connectivity index (χ2n) is 4.34. The van der Waals surface area contributed by atoms with E-state index in [4.69, 9.17) is 5.73 Å². The van der Waals surface area contributed by atoms with E-state index in [9.17, 15) is 0 Å². The van der Waals surface area contributed by atoms with Gasteiger partial charge in [0, 0.05) is 0 Å². The van der Waals surface area contributed by atoms with Crippen LogP contribution in [0.2, 0.25) is 0 Å². The summed E-state index contributed by atoms with van der Waals surface area (Å²) < 4.78 is 0. The lowest BCUT2D eigenvalue weighted by molar-refractivity contribution is 0.195. The molecule has 1 nitrogen and oxygen atoms in total. The lowest BCUT2D eigenvalue weighted by Gasteiger charge is -2.33. The van der Waals surface area contributed by atoms with Crippen LogP contribution in [0.25, 0.3) is 0 Å². The monoisotopic (exact) mass is 141 g/mol. The molecule has 0 bridgehead atoms. The standard InChI is InChI=1S/C9H19N/c1-9(2)5-3-8(7-10)4-6-9/h8H,3-7,10H2,1-2H3. The third kappa shape index (κ3) is 1.98. The van der Waals surface area contributed by atoms with Crippen molar-refractivity contribution in [2.24, 2.45) is 17.1 Å². The molecule has 0 spiro atoms. The Bertz CT molecular complexity index is 97.3. The number of nitrogens with two attached hydrogens (primary N) is 1. The topological polar surface area (TPSA) is 26.0 Å². The van der Waals surface area contributed by atoms with Gasteiger partial charge in [0.05, 0.1) is 0 Å². The van der Waals surface area contributed by atoms with Gasteiger partial charge in [0.2, 0.25) is 0 Å². The lowest BCUT2D eigenvalue weighted by Crippen LogP contribution is -2.25. The minimum atomic E-state index is 0.603. The molecule has 60 valence electrons. The van der Waals surface area contributed by atoms with Crippen molar-refractivity contribution in [3.63, 3.8) is 0 Å². The molecule has 10 heavy (non-hydrogen) atoms. The largest absolute Gasteiger partial charge is 0.330 e. The van der Waals surface area contributed by atoms with Gasteiger partial charge in [-0.3, -0.25) is 0 Å². The summed E-state index contributed by atoms with van der Waals surface area (Å²) in [4.78, 5) is 0. The van der Waals surface area contributed by atoms with Crippen LogP contribution in [-0.2, 0) is 0 Å². The molecule has 1 saturated carbocycles. The Hall–Kier alpha value is -0.0400. The first-order valence-corrected chi connectivity index (χ1v) is 4.34. The van der Waals surface area contributed by atoms with Crippen molar-refractivity contribution in [1.29, 1.82) is 0 Å². The van der Waals surface area contributed by atoms with E-state index in [1.54, 1.807) is 0 Å². The molecule has 1 aliphatic rings. The highest BCUT2D eigenvalue weighted by atomic mass is 14.6. The summed E-state index contributed by atoms with van der Waals surface area (Å²) >= 11 is 0. The van der Waals surface area contributed by atoms with Crippen LogP contribution < -0.4 is 5.73 Å². The van der Waals surface area contributed by atoms with Crippen LogP contribution in [-0.4, -0.2) is 6.54 Å². The van der Waals surface area contributed by atoms with Crippen LogP contribution in [0.4, 0.5) is 0 Å². The van der Waals surface area contributed by atoms with Gasteiger partial charge in [-0.1, -0.05) is 13.8 Å². The third-order valence-electron chi connectivity index (χ3n) is 2.79. The summed E-state index contributed by atoms with van der Waals surface area (Å²) in [5.74, 6) is 0.827. The number of hydrogen-bond donors (Lipinski definition) is 1. The Balaban J connectivity index is 2.31. The number of hydrogen-bond acceptors (Lipinski definition) is 1. The SMILES string of the molecule is CC1(C)CCC(CN)CC1. The minimum absolute atomic E-state index is 0.603. The zero-order chi connectivity index (χ0) is 7.61. The van der Waals surface area contributed by atoms with Gasteiger partial charge in [0.25, 0.3) is 0 Å². The van der Waals surface area contributed by atoms with E-state index >= 15 is 0 Å². The van der Waals surface area contributed by atoms with E-state index in [0.717, 1.165) is 12.5 Å². The molecule has 1 heteroatoms. The van der Waals surface area contributed by atoms with E-state index in [0.29, 0.717) is 5.41 Å². The molecule has 0 heterocycles. The van der Waals surface area contributed by atoms with Crippen molar-refractivity contribution < 1.29 is 0 Å². The van der Waals surface area contributed by atoms with Crippen LogP contribution in [0.1, 0.15) is 39.5 Å². The fourth-order valence-corrected chi connectivity index (χ4v) is 1.69. The molecule has 0 radical (unpaired) electrons. The van der Waals surface area contributed by atoms with E-state index in [1.807, 2.05) is 0 Å². The maximum absolute atomic E-state index is 5.59. The van der Waals surface area contributed by atoms with Gasteiger partial charge in [-0.15, -0.1) is 0 Å². The quantitative estimate of drug-likeness (QED) is 0.595. The molecule has 0 aromatic rings. The Kier molecular flexibility index (Phi) is 2.35. The van der Waals surface area contributed by atoms with Gasteiger partial charge in [-0.05, 0) is 43.6 Å². The fraction of sp³-hybridized carbons (Fsp3) is 1.00. The van der Waals surface area contributed by atoms with Crippen LogP contribution in [0, 0.1) is 11.3 Å². The zero-order valence-corrected chi connectivity index (χ0v) is 7.19. The van der Waals surface area contributed by atoms with Gasteiger partial charge in [0.1, 0.15) is 0 Å². The zero-order valence-electron chi connectivity index (χ0n) is 7.19. The first kappa shape index (κ1) is 8.06. The van der Waals surface area contributed by atoms with E-state index in [2.05, 4.69) is 13.8 Å². The molecule has 0 aromatic carbocycles. The summed E-state index contributed by atoms with van der Waals surface area (Å²) in [6.07, 6.45) is 5.44. The van der Waals surface area contributed by atoms with Crippen LogP contribution in [0.15, 0.2) is 0 Å². The first-order chi connectivity index (χ1) is 4.64. The summed E-state index contributed by atoms with van der Waals surface area (Å²) in [5, 5.41) is 0. The number of rotatable bonds is 1. The summed E-state index contributed by atoms with van der Waals surface area (Å²) in [7, 11) is 0. The van der Waals surface area contributed by atoms with Gasteiger partial charge < -0.3 is 5.73 Å². The maximum atomic E-state index is 5.59. The molecule has 1 rings (SSSR count). The fourth-order valence-electron chi connectivity index (χ4n) is 1.69. The predicted molar refractivity (Wildman–Crippen MR) is 44.8 cm³/mol. The van der Waals surface area contributed by atoms with E-state index in [1.165, 1.54) is 25.7 Å². The van der Waals surface area contributed by atoms with E-state index < -0.39 is 0 Å². The molecular weight excluding hydrogens is 122 g/mol. The third-order valence-corrected chi connectivity index (χ3v) is 2.79. The molecular formula is C9H19N. The lowest BCUT2D eigenvalue weighted by atomic mass is 9.73. The van der Waals surface area contributed by atoms with Crippen LogP contribution in [0.3, 0.4) is 0 Å². The maximum Gasteiger partial charge on any atom is -0.00489 e. The summed E-state index contributed by atoms with van der Waals surface area (Å²) in [6.45, 7) is 5.62. The molecule has 0 saturated heterocycles. The van der Waals surface area contributed by atoms with Crippen LogP contribution in [0.5, 0.6) is 0 Å². The molecule has 0 amide bonds. The summed E-state index contributed by atoms with van der Waals surface area (Å²) in [5.41, 5.74) is 6.19. The highest BCUT2D eigenvalue weighted by Gasteiger charge is 2.25. The Morgan fingerprint density at radius 2 is 1.80 bits per heavy atom. The van der Waals surface area contributed by atoms with Gasteiger partial charge in [-0.25, -0.2) is 0 Å². The summed E-state index contributed by atoms with van der Waals surface area (Å²) in [6, 6.07) is 0. The molecule has 0 aliphatic heterocycles.